The summed E-state index contributed by atoms with van der Waals surface area (Å²) in [7, 11) is 0. The third-order valence-electron chi connectivity index (χ3n) is 5.41. The highest BCUT2D eigenvalue weighted by atomic mass is 16.2. The van der Waals surface area contributed by atoms with Crippen molar-refractivity contribution in [2.24, 2.45) is 11.8 Å². The lowest BCUT2D eigenvalue weighted by Gasteiger charge is -2.36. The molecule has 24 heavy (non-hydrogen) atoms. The normalized spacial score (nSPS) is 20.5. The summed E-state index contributed by atoms with van der Waals surface area (Å²) < 4.78 is 0. The molecular weight excluding hydrogens is 304 g/mol. The van der Waals surface area contributed by atoms with Crippen molar-refractivity contribution in [2.45, 2.75) is 58.4 Å². The number of carbonyl (C=O) groups excluding carboxylic acids is 2. The fraction of sp³-hybridized carbons (Fsp3) is 0.722. The average Bonchev–Trinajstić information content (AvgIpc) is 2.97. The fourth-order valence-corrected chi connectivity index (χ4v) is 3.54. The molecule has 1 aliphatic carbocycles. The van der Waals surface area contributed by atoms with E-state index in [0.29, 0.717) is 19.0 Å². The number of likely N-dealkylation sites (tertiary alicyclic amines) is 1. The maximum Gasteiger partial charge on any atom is 0.225 e. The Bertz CT molecular complexity index is 586. The van der Waals surface area contributed by atoms with Gasteiger partial charge in [-0.05, 0) is 39.0 Å². The van der Waals surface area contributed by atoms with Crippen LogP contribution in [0, 0.1) is 18.8 Å². The number of rotatable bonds is 5. The van der Waals surface area contributed by atoms with Crippen molar-refractivity contribution in [3.63, 3.8) is 0 Å². The van der Waals surface area contributed by atoms with Gasteiger partial charge in [0.1, 0.15) is 5.82 Å². The van der Waals surface area contributed by atoms with Gasteiger partial charge < -0.3 is 15.2 Å². The van der Waals surface area contributed by atoms with Crippen LogP contribution >= 0.6 is 0 Å². The molecule has 0 bridgehead atoms. The number of carbonyl (C=O) groups is 2. The number of amides is 2. The Hall–Kier alpha value is -1.85. The van der Waals surface area contributed by atoms with Gasteiger partial charge >= 0.3 is 0 Å². The van der Waals surface area contributed by atoms with Crippen LogP contribution in [0.15, 0.2) is 6.20 Å². The van der Waals surface area contributed by atoms with Gasteiger partial charge in [-0.15, -0.1) is 0 Å². The minimum absolute atomic E-state index is 0.000509. The van der Waals surface area contributed by atoms with Gasteiger partial charge in [-0.1, -0.05) is 13.3 Å². The lowest BCUT2D eigenvalue weighted by atomic mass is 9.83. The van der Waals surface area contributed by atoms with Gasteiger partial charge in [0.05, 0.1) is 6.04 Å². The molecule has 2 N–H and O–H groups in total. The summed E-state index contributed by atoms with van der Waals surface area (Å²) in [6, 6.07) is -0.0687. The molecule has 2 aliphatic rings. The monoisotopic (exact) mass is 332 g/mol. The highest BCUT2D eigenvalue weighted by molar-refractivity contribution is 5.81. The standard InChI is InChI=1S/C18H28N4O2/c1-3-15(16-19-11-12(2)20-16)21-17(23)13-7-9-22(10-8-13)18(24)14-5-4-6-14/h11,13-15H,3-10H2,1-2H3,(H,19,20)(H,21,23)/t15-/m1/s1. The molecule has 6 heteroatoms. The van der Waals surface area contributed by atoms with E-state index < -0.39 is 0 Å². The fourth-order valence-electron chi connectivity index (χ4n) is 3.54. The summed E-state index contributed by atoms with van der Waals surface area (Å²) in [6.07, 6.45) is 7.38. The van der Waals surface area contributed by atoms with Crippen molar-refractivity contribution in [1.82, 2.24) is 20.2 Å². The number of nitrogens with one attached hydrogen (secondary N) is 2. The summed E-state index contributed by atoms with van der Waals surface area (Å²) in [5.74, 6) is 1.47. The SMILES string of the molecule is CC[C@@H](NC(=O)C1CCN(C(=O)C2CCC2)CC1)c1ncc(C)[nH]1. The molecule has 1 atom stereocenters. The van der Waals surface area contributed by atoms with E-state index >= 15 is 0 Å². The van der Waals surface area contributed by atoms with E-state index in [1.54, 1.807) is 6.20 Å². The van der Waals surface area contributed by atoms with Gasteiger partial charge in [-0.3, -0.25) is 9.59 Å². The molecule has 0 radical (unpaired) electrons. The first kappa shape index (κ1) is 17.0. The molecule has 0 unspecified atom stereocenters. The Morgan fingerprint density at radius 1 is 1.29 bits per heavy atom. The van der Waals surface area contributed by atoms with E-state index in [9.17, 15) is 9.59 Å². The average molecular weight is 332 g/mol. The molecule has 132 valence electrons. The van der Waals surface area contributed by atoms with Crippen molar-refractivity contribution in [1.29, 1.82) is 0 Å². The molecular formula is C18H28N4O2. The van der Waals surface area contributed by atoms with E-state index in [2.05, 4.69) is 15.3 Å². The van der Waals surface area contributed by atoms with Gasteiger partial charge in [0.15, 0.2) is 0 Å². The summed E-state index contributed by atoms with van der Waals surface area (Å²) >= 11 is 0. The molecule has 1 aromatic rings. The first-order valence-electron chi connectivity index (χ1n) is 9.19. The maximum atomic E-state index is 12.6. The first-order chi connectivity index (χ1) is 11.6. The number of hydrogen-bond acceptors (Lipinski definition) is 3. The van der Waals surface area contributed by atoms with E-state index in [0.717, 1.165) is 43.6 Å². The van der Waals surface area contributed by atoms with E-state index in [1.807, 2.05) is 18.7 Å². The summed E-state index contributed by atoms with van der Waals surface area (Å²) in [5, 5.41) is 3.12. The lowest BCUT2D eigenvalue weighted by molar-refractivity contribution is -0.141. The highest BCUT2D eigenvalue weighted by Crippen LogP contribution is 2.30. The van der Waals surface area contributed by atoms with Crippen LogP contribution in [-0.4, -0.2) is 39.8 Å². The van der Waals surface area contributed by atoms with Crippen LogP contribution in [0.3, 0.4) is 0 Å². The second-order valence-corrected chi connectivity index (χ2v) is 7.15. The number of aromatic nitrogens is 2. The predicted octanol–water partition coefficient (Wildman–Crippen LogP) is 2.32. The number of nitrogens with zero attached hydrogens (tertiary/aromatic N) is 2. The van der Waals surface area contributed by atoms with E-state index in [-0.39, 0.29) is 23.8 Å². The van der Waals surface area contributed by atoms with Gasteiger partial charge in [0, 0.05) is 36.8 Å². The van der Waals surface area contributed by atoms with Crippen LogP contribution < -0.4 is 5.32 Å². The first-order valence-corrected chi connectivity index (χ1v) is 9.19. The summed E-state index contributed by atoms with van der Waals surface area (Å²) in [4.78, 5) is 34.3. The van der Waals surface area contributed by atoms with Crippen molar-refractivity contribution in [3.8, 4) is 0 Å². The highest BCUT2D eigenvalue weighted by Gasteiger charge is 2.33. The van der Waals surface area contributed by atoms with Crippen LogP contribution in [0.5, 0.6) is 0 Å². The van der Waals surface area contributed by atoms with E-state index in [1.165, 1.54) is 6.42 Å². The van der Waals surface area contributed by atoms with Crippen molar-refractivity contribution in [3.05, 3.63) is 17.7 Å². The topological polar surface area (TPSA) is 78.1 Å². The minimum atomic E-state index is -0.0687. The second-order valence-electron chi connectivity index (χ2n) is 7.15. The maximum absolute atomic E-state index is 12.6. The number of imidazole rings is 1. The van der Waals surface area contributed by atoms with Crippen LogP contribution in [0.25, 0.3) is 0 Å². The number of aromatic amines is 1. The zero-order valence-electron chi connectivity index (χ0n) is 14.7. The van der Waals surface area contributed by atoms with Crippen molar-refractivity contribution in [2.75, 3.05) is 13.1 Å². The molecule has 0 aromatic carbocycles. The minimum Gasteiger partial charge on any atom is -0.346 e. The third kappa shape index (κ3) is 3.62. The molecule has 0 spiro atoms. The summed E-state index contributed by atoms with van der Waals surface area (Å²) in [5.41, 5.74) is 1.00. The molecule has 1 aromatic heterocycles. The zero-order valence-corrected chi connectivity index (χ0v) is 14.7. The zero-order chi connectivity index (χ0) is 17.1. The molecule has 1 aliphatic heterocycles. The van der Waals surface area contributed by atoms with Crippen LogP contribution in [0.1, 0.15) is 63.0 Å². The Kier molecular flexibility index (Phi) is 5.21. The Balaban J connectivity index is 1.50. The van der Waals surface area contributed by atoms with Crippen molar-refractivity contribution < 1.29 is 9.59 Å². The number of aryl methyl sites for hydroxylation is 1. The Morgan fingerprint density at radius 2 is 2.00 bits per heavy atom. The van der Waals surface area contributed by atoms with Crippen LogP contribution in [-0.2, 0) is 9.59 Å². The molecule has 6 nitrogen and oxygen atoms in total. The number of piperidine rings is 1. The van der Waals surface area contributed by atoms with Gasteiger partial charge in [-0.25, -0.2) is 4.98 Å². The van der Waals surface area contributed by atoms with E-state index in [4.69, 9.17) is 0 Å². The Morgan fingerprint density at radius 3 is 2.50 bits per heavy atom. The molecule has 2 amide bonds. The van der Waals surface area contributed by atoms with Crippen molar-refractivity contribution >= 4 is 11.8 Å². The summed E-state index contributed by atoms with van der Waals surface area (Å²) in [6.45, 7) is 5.43. The number of hydrogen-bond donors (Lipinski definition) is 2. The predicted molar refractivity (Wildman–Crippen MR) is 91.1 cm³/mol. The second kappa shape index (κ2) is 7.36. The Labute approximate surface area is 143 Å². The molecule has 1 saturated heterocycles. The van der Waals surface area contributed by atoms with Crippen LogP contribution in [0.4, 0.5) is 0 Å². The quantitative estimate of drug-likeness (QED) is 0.868. The third-order valence-corrected chi connectivity index (χ3v) is 5.41. The number of H-pyrrole nitrogens is 1. The largest absolute Gasteiger partial charge is 0.346 e. The van der Waals surface area contributed by atoms with Gasteiger partial charge in [0.2, 0.25) is 11.8 Å². The smallest absolute Gasteiger partial charge is 0.225 e. The van der Waals surface area contributed by atoms with Gasteiger partial charge in [-0.2, -0.15) is 0 Å². The lowest BCUT2D eigenvalue weighted by Crippen LogP contribution is -2.46. The molecule has 3 rings (SSSR count). The van der Waals surface area contributed by atoms with Crippen LogP contribution in [0.2, 0.25) is 0 Å². The van der Waals surface area contributed by atoms with Gasteiger partial charge in [0.25, 0.3) is 0 Å². The molecule has 1 saturated carbocycles. The molecule has 2 heterocycles. The molecule has 2 fully saturated rings.